The molecule has 0 aromatic heterocycles. The molecular formula is C21H18Cl2F4NO3-. The third-order valence-corrected chi connectivity index (χ3v) is 5.47. The second-order valence-electron chi connectivity index (χ2n) is 7.21. The van der Waals surface area contributed by atoms with Gasteiger partial charge in [0.05, 0.1) is 27.6 Å². The van der Waals surface area contributed by atoms with E-state index in [0.29, 0.717) is 5.56 Å². The summed E-state index contributed by atoms with van der Waals surface area (Å²) in [7, 11) is 0. The van der Waals surface area contributed by atoms with Crippen LogP contribution >= 0.6 is 23.2 Å². The molecule has 2 aromatic rings. The number of anilines is 1. The van der Waals surface area contributed by atoms with Gasteiger partial charge < -0.3 is 15.2 Å². The molecule has 2 rings (SSSR count). The van der Waals surface area contributed by atoms with E-state index in [1.807, 2.05) is 0 Å². The molecule has 0 fully saturated rings. The van der Waals surface area contributed by atoms with E-state index in [0.717, 1.165) is 25.1 Å². The van der Waals surface area contributed by atoms with Crippen LogP contribution in [0.4, 0.5) is 23.2 Å². The van der Waals surface area contributed by atoms with Crippen LogP contribution in [0.5, 0.6) is 0 Å². The normalized spacial score (nSPS) is 14.6. The maximum absolute atomic E-state index is 13.9. The molecule has 10 heteroatoms. The first-order chi connectivity index (χ1) is 14.3. The van der Waals surface area contributed by atoms with E-state index < -0.39 is 41.6 Å². The van der Waals surface area contributed by atoms with Crippen LogP contribution in [0, 0.1) is 17.7 Å². The molecule has 4 nitrogen and oxygen atoms in total. The van der Waals surface area contributed by atoms with Crippen LogP contribution in [0.1, 0.15) is 30.9 Å². The molecule has 0 heterocycles. The van der Waals surface area contributed by atoms with Crippen molar-refractivity contribution in [3.8, 4) is 0 Å². The lowest BCUT2D eigenvalue weighted by atomic mass is 9.85. The number of rotatable bonds is 7. The number of aliphatic carboxylic acids is 1. The number of carboxylic acid groups (broad SMARTS) is 1. The van der Waals surface area contributed by atoms with Crippen LogP contribution in [-0.4, -0.2) is 18.1 Å². The molecule has 0 saturated carbocycles. The molecule has 3 atom stereocenters. The Labute approximate surface area is 186 Å². The largest absolute Gasteiger partial charge is 0.550 e. The molecular weight excluding hydrogens is 461 g/mol. The molecule has 0 aliphatic heterocycles. The van der Waals surface area contributed by atoms with Crippen LogP contribution in [0.2, 0.25) is 10.0 Å². The lowest BCUT2D eigenvalue weighted by Gasteiger charge is -2.26. The molecule has 0 saturated heterocycles. The summed E-state index contributed by atoms with van der Waals surface area (Å²) in [4.78, 5) is 23.8. The second kappa shape index (κ2) is 9.87. The number of nitrogens with one attached hydrogen (secondary N) is 1. The van der Waals surface area contributed by atoms with Gasteiger partial charge in [0.25, 0.3) is 0 Å². The average Bonchev–Trinajstić information content (AvgIpc) is 2.66. The first kappa shape index (κ1) is 24.9. The van der Waals surface area contributed by atoms with E-state index >= 15 is 0 Å². The highest BCUT2D eigenvalue weighted by Crippen LogP contribution is 2.39. The smallest absolute Gasteiger partial charge is 0.392 e. The number of alkyl halides is 3. The van der Waals surface area contributed by atoms with E-state index in [4.69, 9.17) is 23.2 Å². The fraction of sp³-hybridized carbons (Fsp3) is 0.333. The van der Waals surface area contributed by atoms with Crippen molar-refractivity contribution in [1.29, 1.82) is 0 Å². The number of carbonyl (C=O) groups is 2. The lowest BCUT2D eigenvalue weighted by molar-refractivity contribution is -0.310. The molecule has 168 valence electrons. The zero-order chi connectivity index (χ0) is 23.5. The molecule has 0 aliphatic rings. The predicted octanol–water partition coefficient (Wildman–Crippen LogP) is 4.98. The van der Waals surface area contributed by atoms with Gasteiger partial charge in [-0.05, 0) is 47.7 Å². The Bertz CT molecular complexity index is 982. The van der Waals surface area contributed by atoms with Gasteiger partial charge in [0.2, 0.25) is 5.91 Å². The summed E-state index contributed by atoms with van der Waals surface area (Å²) in [6.45, 7) is 2.24. The average molecular weight is 479 g/mol. The summed E-state index contributed by atoms with van der Waals surface area (Å²) >= 11 is 11.7. The summed E-state index contributed by atoms with van der Waals surface area (Å²) < 4.78 is 54.2. The van der Waals surface area contributed by atoms with Gasteiger partial charge in [0.1, 0.15) is 5.82 Å². The number of amides is 1. The van der Waals surface area contributed by atoms with Gasteiger partial charge in [-0.15, -0.1) is 0 Å². The Morgan fingerprint density at radius 1 is 1.06 bits per heavy atom. The third-order valence-electron chi connectivity index (χ3n) is 4.83. The molecule has 31 heavy (non-hydrogen) atoms. The monoisotopic (exact) mass is 478 g/mol. The highest BCUT2D eigenvalue weighted by molar-refractivity contribution is 6.33. The van der Waals surface area contributed by atoms with E-state index in [9.17, 15) is 32.3 Å². The lowest BCUT2D eigenvalue weighted by Crippen LogP contribution is -2.34. The minimum atomic E-state index is -4.74. The van der Waals surface area contributed by atoms with Gasteiger partial charge in [-0.25, -0.2) is 4.39 Å². The third kappa shape index (κ3) is 6.33. The van der Waals surface area contributed by atoms with Crippen LogP contribution in [0.25, 0.3) is 0 Å². The quantitative estimate of drug-likeness (QED) is 0.570. The van der Waals surface area contributed by atoms with Crippen molar-refractivity contribution in [3.05, 3.63) is 63.4 Å². The summed E-state index contributed by atoms with van der Waals surface area (Å²) in [5.74, 6) is -8.05. The Balaban J connectivity index is 2.39. The topological polar surface area (TPSA) is 69.2 Å². The number of hydrogen-bond donors (Lipinski definition) is 1. The molecule has 2 aromatic carbocycles. The fourth-order valence-electron chi connectivity index (χ4n) is 3.00. The van der Waals surface area contributed by atoms with Gasteiger partial charge in [0.15, 0.2) is 0 Å². The van der Waals surface area contributed by atoms with E-state index in [2.05, 4.69) is 5.32 Å². The summed E-state index contributed by atoms with van der Waals surface area (Å²) in [6, 6.07) is 7.30. The standard InChI is InChI=1S/C21H19Cl2F4NO3/c1-10(20(30)31)7-12-3-5-15(23)17(8-12)28-19(29)18(11(2)21(25,26)27)13-4-6-14(22)16(24)9-13/h3-6,8-11,18H,7H2,1-2H3,(H,28,29)(H,30,31)/p-1/t10-,11+,18-/m0/s1. The van der Waals surface area contributed by atoms with E-state index in [-0.39, 0.29) is 27.7 Å². The molecule has 0 unspecified atom stereocenters. The van der Waals surface area contributed by atoms with Crippen molar-refractivity contribution in [2.45, 2.75) is 32.4 Å². The van der Waals surface area contributed by atoms with Crippen molar-refractivity contribution < 1.29 is 32.3 Å². The van der Waals surface area contributed by atoms with Gasteiger partial charge >= 0.3 is 6.18 Å². The van der Waals surface area contributed by atoms with Crippen LogP contribution in [0.3, 0.4) is 0 Å². The number of benzene rings is 2. The van der Waals surface area contributed by atoms with Gasteiger partial charge in [-0.1, -0.05) is 49.2 Å². The zero-order valence-electron chi connectivity index (χ0n) is 16.4. The zero-order valence-corrected chi connectivity index (χ0v) is 17.9. The predicted molar refractivity (Wildman–Crippen MR) is 107 cm³/mol. The molecule has 0 bridgehead atoms. The highest BCUT2D eigenvalue weighted by atomic mass is 35.5. The van der Waals surface area contributed by atoms with Crippen molar-refractivity contribution in [1.82, 2.24) is 0 Å². The van der Waals surface area contributed by atoms with Crippen molar-refractivity contribution in [3.63, 3.8) is 0 Å². The van der Waals surface area contributed by atoms with Gasteiger partial charge in [0, 0.05) is 5.97 Å². The van der Waals surface area contributed by atoms with Crippen molar-refractivity contribution >= 4 is 40.8 Å². The second-order valence-corrected chi connectivity index (χ2v) is 8.02. The summed E-state index contributed by atoms with van der Waals surface area (Å²) in [5.41, 5.74) is 0.278. The minimum absolute atomic E-state index is 0.00326. The molecule has 1 amide bonds. The van der Waals surface area contributed by atoms with Crippen LogP contribution < -0.4 is 10.4 Å². The maximum Gasteiger partial charge on any atom is 0.392 e. The summed E-state index contributed by atoms with van der Waals surface area (Å²) in [5, 5.41) is 13.0. The number of carboxylic acids is 1. The van der Waals surface area contributed by atoms with Crippen LogP contribution in [-0.2, 0) is 16.0 Å². The first-order valence-electron chi connectivity index (χ1n) is 9.13. The van der Waals surface area contributed by atoms with Crippen molar-refractivity contribution in [2.75, 3.05) is 5.32 Å². The number of hydrogen-bond acceptors (Lipinski definition) is 3. The maximum atomic E-state index is 13.9. The van der Waals surface area contributed by atoms with E-state index in [1.54, 1.807) is 0 Å². The SMILES string of the molecule is C[C@H]([C@H](C(=O)Nc1cc(C[C@H](C)C(=O)[O-])ccc1Cl)c1ccc(Cl)c(F)c1)C(F)(F)F. The minimum Gasteiger partial charge on any atom is -0.550 e. The van der Waals surface area contributed by atoms with Crippen LogP contribution in [0.15, 0.2) is 36.4 Å². The Hall–Kier alpha value is -2.32. The van der Waals surface area contributed by atoms with Crippen molar-refractivity contribution in [2.24, 2.45) is 11.8 Å². The number of halogens is 6. The molecule has 0 aliphatic carbocycles. The first-order valence-corrected chi connectivity index (χ1v) is 9.88. The molecule has 0 radical (unpaired) electrons. The molecule has 0 spiro atoms. The molecule has 1 N–H and O–H groups in total. The summed E-state index contributed by atoms with van der Waals surface area (Å²) in [6.07, 6.45) is -4.68. The van der Waals surface area contributed by atoms with Gasteiger partial charge in [-0.3, -0.25) is 4.79 Å². The van der Waals surface area contributed by atoms with E-state index in [1.165, 1.54) is 25.1 Å². The Morgan fingerprint density at radius 3 is 2.23 bits per heavy atom. The Morgan fingerprint density at radius 2 is 1.68 bits per heavy atom. The van der Waals surface area contributed by atoms with Gasteiger partial charge in [-0.2, -0.15) is 13.2 Å². The fourth-order valence-corrected chi connectivity index (χ4v) is 3.29. The number of carbonyl (C=O) groups excluding carboxylic acids is 2. The highest BCUT2D eigenvalue weighted by Gasteiger charge is 2.45. The Kier molecular flexibility index (Phi) is 7.94.